The van der Waals surface area contributed by atoms with Gasteiger partial charge in [0.2, 0.25) is 0 Å². The summed E-state index contributed by atoms with van der Waals surface area (Å²) in [6.45, 7) is 0. The molecular formula is C4H4N10+. The van der Waals surface area contributed by atoms with Crippen LogP contribution in [0, 0.1) is 17.3 Å². The fraction of sp³-hybridized carbons (Fsp3) is 0. The Morgan fingerprint density at radius 2 is 2.21 bits per heavy atom. The second-order valence-electron chi connectivity index (χ2n) is 1.79. The number of hydrogen-bond donors (Lipinski definition) is 2. The maximum absolute atomic E-state index is 6.51. The first-order valence-electron chi connectivity index (χ1n) is 3.22. The van der Waals surface area contributed by atoms with Gasteiger partial charge in [-0.15, -0.1) is 10.6 Å². The third-order valence-corrected chi connectivity index (χ3v) is 1.04. The first-order chi connectivity index (χ1) is 6.88. The highest BCUT2D eigenvalue weighted by Gasteiger charge is 2.05. The van der Waals surface area contributed by atoms with Gasteiger partial charge in [-0.25, -0.2) is 0 Å². The van der Waals surface area contributed by atoms with Gasteiger partial charge in [-0.2, -0.15) is 10.6 Å². The predicted molar refractivity (Wildman–Crippen MR) is 38.4 cm³/mol. The van der Waals surface area contributed by atoms with Crippen LogP contribution in [0.3, 0.4) is 0 Å². The molecule has 1 aromatic rings. The Kier molecular flexibility index (Phi) is 3.54. The number of nitrogens with zero attached hydrogens (tertiary/aromatic N) is 8. The maximum atomic E-state index is 6.51. The Labute approximate surface area is 77.3 Å². The SMILES string of the molecule is N=NN=N[N+](=NN=N)c1[c]nncc1. The van der Waals surface area contributed by atoms with Crippen molar-refractivity contribution in [1.29, 1.82) is 11.1 Å². The van der Waals surface area contributed by atoms with Crippen molar-refractivity contribution in [3.05, 3.63) is 18.5 Å². The molecule has 0 fully saturated rings. The maximum Gasteiger partial charge on any atom is 0.185 e. The zero-order valence-corrected chi connectivity index (χ0v) is 6.73. The predicted octanol–water partition coefficient (Wildman–Crippen LogP) is 1.63. The molecule has 69 valence electrons. The number of hydrogen-bond acceptors (Lipinski definition) is 4. The molecule has 2 N–H and O–H groups in total. The lowest BCUT2D eigenvalue weighted by atomic mass is 10.5. The van der Waals surface area contributed by atoms with Crippen molar-refractivity contribution in [3.63, 3.8) is 0 Å². The van der Waals surface area contributed by atoms with Crippen LogP contribution in [0.5, 0.6) is 0 Å². The van der Waals surface area contributed by atoms with Crippen molar-refractivity contribution in [1.82, 2.24) is 10.2 Å². The van der Waals surface area contributed by atoms with Gasteiger partial charge in [0.05, 0.1) is 11.4 Å². The Morgan fingerprint density at radius 3 is 2.79 bits per heavy atom. The molecule has 1 heterocycles. The van der Waals surface area contributed by atoms with E-state index in [0.29, 0.717) is 0 Å². The molecule has 1 aromatic heterocycles. The van der Waals surface area contributed by atoms with Gasteiger partial charge in [-0.1, -0.05) is 0 Å². The van der Waals surface area contributed by atoms with E-state index >= 15 is 0 Å². The van der Waals surface area contributed by atoms with Crippen LogP contribution in [0.15, 0.2) is 38.4 Å². The number of nitrogens with one attached hydrogen (secondary N) is 2. The van der Waals surface area contributed by atoms with E-state index in [4.69, 9.17) is 11.1 Å². The van der Waals surface area contributed by atoms with Crippen LogP contribution >= 0.6 is 0 Å². The normalized spacial score (nSPS) is 11.6. The van der Waals surface area contributed by atoms with Crippen molar-refractivity contribution in [2.45, 2.75) is 0 Å². The van der Waals surface area contributed by atoms with Gasteiger partial charge in [-0.3, -0.25) is 0 Å². The molecule has 0 aromatic carbocycles. The second kappa shape index (κ2) is 5.18. The molecule has 0 amide bonds. The van der Waals surface area contributed by atoms with E-state index in [1.807, 2.05) is 0 Å². The molecule has 0 unspecified atom stereocenters. The van der Waals surface area contributed by atoms with Crippen LogP contribution in [0.2, 0.25) is 0 Å². The smallest absolute Gasteiger partial charge is 0.168 e. The first kappa shape index (κ1) is 9.57. The standard InChI is InChI=1S/C4H4N10/c5-9-11-13-14(12-10-6)4-1-2-7-8-3-4/h1-2,5-6H/q+1. The van der Waals surface area contributed by atoms with Crippen molar-refractivity contribution in [2.75, 3.05) is 0 Å². The minimum atomic E-state index is 0.281. The Bertz CT molecular complexity index is 365. The zero-order chi connectivity index (χ0) is 10.2. The van der Waals surface area contributed by atoms with Gasteiger partial charge in [0, 0.05) is 6.07 Å². The minimum Gasteiger partial charge on any atom is -0.168 e. The summed E-state index contributed by atoms with van der Waals surface area (Å²) in [7, 11) is 0. The molecule has 0 saturated heterocycles. The average Bonchev–Trinajstić information content (AvgIpc) is 2.25. The van der Waals surface area contributed by atoms with Gasteiger partial charge in [0.15, 0.2) is 17.1 Å². The van der Waals surface area contributed by atoms with Gasteiger partial charge >= 0.3 is 0 Å². The van der Waals surface area contributed by atoms with E-state index in [1.165, 1.54) is 12.3 Å². The van der Waals surface area contributed by atoms with Crippen LogP contribution in [-0.2, 0) is 0 Å². The fourth-order valence-electron chi connectivity index (χ4n) is 0.581. The van der Waals surface area contributed by atoms with Gasteiger partial charge in [0.25, 0.3) is 0 Å². The Hall–Kier alpha value is -2.52. The lowest BCUT2D eigenvalue weighted by Gasteiger charge is -1.88. The summed E-state index contributed by atoms with van der Waals surface area (Å²) in [5.74, 6) is 0. The third-order valence-electron chi connectivity index (χ3n) is 1.04. The Balaban J connectivity index is 3.01. The molecule has 0 spiro atoms. The molecule has 1 radical (unpaired) electrons. The second-order valence-corrected chi connectivity index (χ2v) is 1.79. The van der Waals surface area contributed by atoms with E-state index in [-0.39, 0.29) is 5.69 Å². The summed E-state index contributed by atoms with van der Waals surface area (Å²) in [5.41, 5.74) is 13.2. The lowest BCUT2D eigenvalue weighted by molar-refractivity contribution is -0.530. The average molecular weight is 192 g/mol. The minimum absolute atomic E-state index is 0.281. The third kappa shape index (κ3) is 2.51. The van der Waals surface area contributed by atoms with Crippen molar-refractivity contribution in [3.8, 4) is 0 Å². The summed E-state index contributed by atoms with van der Waals surface area (Å²) in [6.07, 6.45) is 3.81. The molecule has 10 nitrogen and oxygen atoms in total. The fourth-order valence-corrected chi connectivity index (χ4v) is 0.581. The molecule has 14 heavy (non-hydrogen) atoms. The summed E-state index contributed by atoms with van der Waals surface area (Å²) in [5, 5.41) is 21.9. The number of aromatic nitrogens is 2. The topological polar surface area (TPSA) is 138 Å². The van der Waals surface area contributed by atoms with E-state index in [9.17, 15) is 0 Å². The van der Waals surface area contributed by atoms with Crippen LogP contribution in [0.25, 0.3) is 0 Å². The van der Waals surface area contributed by atoms with Crippen LogP contribution in [0.4, 0.5) is 5.69 Å². The van der Waals surface area contributed by atoms with Crippen molar-refractivity contribution < 1.29 is 4.81 Å². The molecule has 0 bridgehead atoms. The Morgan fingerprint density at radius 1 is 1.36 bits per heavy atom. The molecule has 0 aliphatic carbocycles. The monoisotopic (exact) mass is 192 g/mol. The zero-order valence-electron chi connectivity index (χ0n) is 6.73. The quantitative estimate of drug-likeness (QED) is 0.425. The molecule has 0 atom stereocenters. The lowest BCUT2D eigenvalue weighted by Crippen LogP contribution is -1.93. The molecule has 1 rings (SSSR count). The van der Waals surface area contributed by atoms with Gasteiger partial charge in [0.1, 0.15) is 15.7 Å². The van der Waals surface area contributed by atoms with Crippen LogP contribution < -0.4 is 0 Å². The van der Waals surface area contributed by atoms with Crippen molar-refractivity contribution in [2.24, 2.45) is 26.1 Å². The van der Waals surface area contributed by atoms with E-state index in [1.54, 1.807) is 0 Å². The van der Waals surface area contributed by atoms with Crippen LogP contribution in [0.1, 0.15) is 0 Å². The molecule has 0 aliphatic rings. The van der Waals surface area contributed by atoms with E-state index < -0.39 is 0 Å². The highest BCUT2D eigenvalue weighted by Crippen LogP contribution is 2.08. The summed E-state index contributed by atoms with van der Waals surface area (Å²) in [6, 6.07) is 1.48. The van der Waals surface area contributed by atoms with Gasteiger partial charge in [-0.05, 0) is 4.81 Å². The molecule has 10 heteroatoms. The van der Waals surface area contributed by atoms with E-state index in [0.717, 1.165) is 4.81 Å². The highest BCUT2D eigenvalue weighted by molar-refractivity contribution is 5.19. The molecule has 0 saturated carbocycles. The highest BCUT2D eigenvalue weighted by atomic mass is 15.7. The van der Waals surface area contributed by atoms with Gasteiger partial charge < -0.3 is 0 Å². The van der Waals surface area contributed by atoms with Crippen LogP contribution in [-0.4, -0.2) is 15.0 Å². The summed E-state index contributed by atoms with van der Waals surface area (Å²) in [4.78, 5) is 0.833. The number of rotatable bonds is 4. The largest absolute Gasteiger partial charge is 0.185 e. The summed E-state index contributed by atoms with van der Waals surface area (Å²) < 4.78 is 0. The molecular weight excluding hydrogens is 188 g/mol. The first-order valence-corrected chi connectivity index (χ1v) is 3.22. The van der Waals surface area contributed by atoms with Crippen molar-refractivity contribution >= 4 is 5.69 Å². The summed E-state index contributed by atoms with van der Waals surface area (Å²) >= 11 is 0. The van der Waals surface area contributed by atoms with E-state index in [2.05, 4.69) is 42.5 Å². The molecule has 0 aliphatic heterocycles.